The molecule has 2 amide bonds. The SMILES string of the molecule is Cn1ccnc(NC(=O)CN2CC3(CC3)c3cc(Br)ccc3C2=O)c1=O. The van der Waals surface area contributed by atoms with Crippen LogP contribution in [0.25, 0.3) is 0 Å². The Labute approximate surface area is 158 Å². The average molecular weight is 417 g/mol. The molecule has 1 aliphatic heterocycles. The number of hydrogen-bond acceptors (Lipinski definition) is 4. The number of carbonyl (C=O) groups excluding carboxylic acids is 2. The first-order chi connectivity index (χ1) is 12.4. The Morgan fingerprint density at radius 2 is 2.12 bits per heavy atom. The van der Waals surface area contributed by atoms with E-state index in [1.807, 2.05) is 12.1 Å². The lowest BCUT2D eigenvalue weighted by Gasteiger charge is -2.34. The van der Waals surface area contributed by atoms with Crippen LogP contribution >= 0.6 is 15.9 Å². The first kappa shape index (κ1) is 17.0. The number of fused-ring (bicyclic) bond motifs is 2. The van der Waals surface area contributed by atoms with E-state index in [1.165, 1.54) is 17.0 Å². The lowest BCUT2D eigenvalue weighted by Crippen LogP contribution is -2.47. The molecule has 1 spiro atoms. The average Bonchev–Trinajstić information content (AvgIpc) is 3.37. The molecule has 4 rings (SSSR count). The van der Waals surface area contributed by atoms with Gasteiger partial charge in [0, 0.05) is 41.4 Å². The number of nitrogens with one attached hydrogen (secondary N) is 1. The van der Waals surface area contributed by atoms with Crippen LogP contribution in [0.15, 0.2) is 39.9 Å². The van der Waals surface area contributed by atoms with Gasteiger partial charge in [-0.15, -0.1) is 0 Å². The maximum atomic E-state index is 12.8. The van der Waals surface area contributed by atoms with Crippen LogP contribution in [0, 0.1) is 0 Å². The van der Waals surface area contributed by atoms with E-state index in [-0.39, 0.29) is 29.2 Å². The fourth-order valence-corrected chi connectivity index (χ4v) is 3.83. The number of aryl methyl sites for hydroxylation is 1. The molecule has 8 heteroatoms. The van der Waals surface area contributed by atoms with Crippen molar-refractivity contribution in [2.75, 3.05) is 18.4 Å². The maximum Gasteiger partial charge on any atom is 0.293 e. The number of hydrogen-bond donors (Lipinski definition) is 1. The normalized spacial score (nSPS) is 17.2. The fourth-order valence-electron chi connectivity index (χ4n) is 3.47. The zero-order valence-electron chi connectivity index (χ0n) is 14.2. The van der Waals surface area contributed by atoms with Crippen LogP contribution in [0.3, 0.4) is 0 Å². The summed E-state index contributed by atoms with van der Waals surface area (Å²) < 4.78 is 2.29. The number of benzene rings is 1. The Morgan fingerprint density at radius 1 is 1.35 bits per heavy atom. The van der Waals surface area contributed by atoms with Crippen LogP contribution in [0.2, 0.25) is 0 Å². The highest BCUT2D eigenvalue weighted by Crippen LogP contribution is 2.52. The topological polar surface area (TPSA) is 84.3 Å². The maximum absolute atomic E-state index is 12.8. The van der Waals surface area contributed by atoms with Crippen LogP contribution in [0.1, 0.15) is 28.8 Å². The molecule has 134 valence electrons. The van der Waals surface area contributed by atoms with Crippen LogP contribution in [0.4, 0.5) is 5.82 Å². The van der Waals surface area contributed by atoms with Crippen molar-refractivity contribution in [2.45, 2.75) is 18.3 Å². The van der Waals surface area contributed by atoms with E-state index in [9.17, 15) is 14.4 Å². The second-order valence-corrected chi connectivity index (χ2v) is 7.79. The molecule has 26 heavy (non-hydrogen) atoms. The van der Waals surface area contributed by atoms with Crippen LogP contribution in [-0.4, -0.2) is 39.4 Å². The summed E-state index contributed by atoms with van der Waals surface area (Å²) in [6, 6.07) is 5.66. The molecule has 2 aliphatic rings. The summed E-state index contributed by atoms with van der Waals surface area (Å²) in [5.41, 5.74) is 1.28. The lowest BCUT2D eigenvalue weighted by molar-refractivity contribution is -0.117. The van der Waals surface area contributed by atoms with Crippen molar-refractivity contribution in [3.8, 4) is 0 Å². The molecule has 1 aromatic carbocycles. The number of aromatic nitrogens is 2. The Bertz CT molecular complexity index is 981. The van der Waals surface area contributed by atoms with Crippen LogP contribution < -0.4 is 10.9 Å². The van der Waals surface area contributed by atoms with Crippen molar-refractivity contribution in [3.63, 3.8) is 0 Å². The van der Waals surface area contributed by atoms with E-state index in [1.54, 1.807) is 18.0 Å². The summed E-state index contributed by atoms with van der Waals surface area (Å²) in [6.07, 6.45) is 4.96. The van der Waals surface area contributed by atoms with Gasteiger partial charge < -0.3 is 14.8 Å². The first-order valence-electron chi connectivity index (χ1n) is 8.30. The van der Waals surface area contributed by atoms with Crippen molar-refractivity contribution >= 4 is 33.6 Å². The van der Waals surface area contributed by atoms with E-state index in [0.717, 1.165) is 22.9 Å². The minimum absolute atomic E-state index is 0.0325. The molecular weight excluding hydrogens is 400 g/mol. The predicted octanol–water partition coefficient (Wildman–Crippen LogP) is 1.67. The van der Waals surface area contributed by atoms with E-state index < -0.39 is 5.91 Å². The van der Waals surface area contributed by atoms with Gasteiger partial charge in [-0.05, 0) is 36.6 Å². The third-order valence-corrected chi connectivity index (χ3v) is 5.52. The molecule has 2 aromatic rings. The minimum atomic E-state index is -0.425. The summed E-state index contributed by atoms with van der Waals surface area (Å²) in [4.78, 5) is 42.6. The van der Waals surface area contributed by atoms with Gasteiger partial charge in [-0.25, -0.2) is 4.98 Å². The van der Waals surface area contributed by atoms with Crippen LogP contribution in [0.5, 0.6) is 0 Å². The molecule has 2 heterocycles. The van der Waals surface area contributed by atoms with E-state index in [2.05, 4.69) is 26.2 Å². The smallest absolute Gasteiger partial charge is 0.293 e. The van der Waals surface area contributed by atoms with Crippen molar-refractivity contribution in [2.24, 2.45) is 7.05 Å². The van der Waals surface area contributed by atoms with Gasteiger partial charge in [0.25, 0.3) is 11.5 Å². The Kier molecular flexibility index (Phi) is 3.95. The van der Waals surface area contributed by atoms with E-state index in [4.69, 9.17) is 0 Å². The molecule has 1 fully saturated rings. The van der Waals surface area contributed by atoms with Gasteiger partial charge in [0.2, 0.25) is 5.91 Å². The van der Waals surface area contributed by atoms with Crippen molar-refractivity contribution < 1.29 is 9.59 Å². The number of anilines is 1. The van der Waals surface area contributed by atoms with Gasteiger partial charge in [-0.3, -0.25) is 14.4 Å². The molecule has 0 unspecified atom stereocenters. The van der Waals surface area contributed by atoms with Gasteiger partial charge in [0.1, 0.15) is 6.54 Å². The summed E-state index contributed by atoms with van der Waals surface area (Å²) in [7, 11) is 1.58. The van der Waals surface area contributed by atoms with Crippen molar-refractivity contribution in [1.29, 1.82) is 0 Å². The molecule has 1 N–H and O–H groups in total. The third-order valence-electron chi connectivity index (χ3n) is 5.03. The summed E-state index contributed by atoms with van der Waals surface area (Å²) in [5, 5.41) is 2.51. The second-order valence-electron chi connectivity index (χ2n) is 6.87. The molecular formula is C18H17BrN4O3. The highest BCUT2D eigenvalue weighted by molar-refractivity contribution is 9.10. The third kappa shape index (κ3) is 2.84. The summed E-state index contributed by atoms with van der Waals surface area (Å²) >= 11 is 3.47. The van der Waals surface area contributed by atoms with Crippen molar-refractivity contribution in [3.05, 3.63) is 56.5 Å². The highest BCUT2D eigenvalue weighted by atomic mass is 79.9. The number of rotatable bonds is 3. The monoisotopic (exact) mass is 416 g/mol. The van der Waals surface area contributed by atoms with Crippen LogP contribution in [-0.2, 0) is 17.3 Å². The predicted molar refractivity (Wildman–Crippen MR) is 99.1 cm³/mol. The molecule has 0 atom stereocenters. The Hall–Kier alpha value is -2.48. The van der Waals surface area contributed by atoms with E-state index in [0.29, 0.717) is 12.1 Å². The molecule has 7 nitrogen and oxygen atoms in total. The molecule has 1 saturated carbocycles. The standard InChI is InChI=1S/C18H17BrN4O3/c1-22-7-6-20-15(17(22)26)21-14(24)9-23-10-18(4-5-18)13-8-11(19)2-3-12(13)16(23)25/h2-3,6-8H,4-5,9-10H2,1H3,(H,20,21,24). The van der Waals surface area contributed by atoms with Gasteiger partial charge in [0.15, 0.2) is 5.82 Å². The largest absolute Gasteiger partial charge is 0.328 e. The zero-order valence-corrected chi connectivity index (χ0v) is 15.7. The minimum Gasteiger partial charge on any atom is -0.328 e. The molecule has 1 aromatic heterocycles. The molecule has 0 bridgehead atoms. The number of amides is 2. The molecule has 0 radical (unpaired) electrons. The number of nitrogens with zero attached hydrogens (tertiary/aromatic N) is 3. The van der Waals surface area contributed by atoms with Gasteiger partial charge >= 0.3 is 0 Å². The zero-order chi connectivity index (χ0) is 18.5. The van der Waals surface area contributed by atoms with Gasteiger partial charge in [-0.2, -0.15) is 0 Å². The second kappa shape index (κ2) is 6.05. The van der Waals surface area contributed by atoms with Gasteiger partial charge in [0.05, 0.1) is 0 Å². The van der Waals surface area contributed by atoms with E-state index >= 15 is 0 Å². The highest BCUT2D eigenvalue weighted by Gasteiger charge is 2.51. The first-order valence-corrected chi connectivity index (χ1v) is 9.10. The fraction of sp³-hybridized carbons (Fsp3) is 0.333. The number of carbonyl (C=O) groups is 2. The Balaban J connectivity index is 1.55. The number of halogens is 1. The van der Waals surface area contributed by atoms with Gasteiger partial charge in [-0.1, -0.05) is 15.9 Å². The van der Waals surface area contributed by atoms with Crippen molar-refractivity contribution in [1.82, 2.24) is 14.5 Å². The quantitative estimate of drug-likeness (QED) is 0.824. The lowest BCUT2D eigenvalue weighted by atomic mass is 9.86. The molecule has 1 aliphatic carbocycles. The summed E-state index contributed by atoms with van der Waals surface area (Å²) in [5.74, 6) is -0.616. The summed E-state index contributed by atoms with van der Waals surface area (Å²) in [6.45, 7) is 0.415. The molecule has 0 saturated heterocycles. The Morgan fingerprint density at radius 3 is 2.85 bits per heavy atom.